The average molecular weight is 250 g/mol. The number of rotatable bonds is 5. The SMILES string of the molecule is C=Cc1cccc(C2CC2)c1OCc1ccccc1. The first-order chi connectivity index (χ1) is 9.38. The van der Waals surface area contributed by atoms with Crippen molar-refractivity contribution in [1.82, 2.24) is 0 Å². The van der Waals surface area contributed by atoms with Crippen LogP contribution in [0.1, 0.15) is 35.4 Å². The van der Waals surface area contributed by atoms with Gasteiger partial charge in [0.1, 0.15) is 12.4 Å². The monoisotopic (exact) mass is 250 g/mol. The molecule has 0 radical (unpaired) electrons. The Kier molecular flexibility index (Phi) is 3.37. The lowest BCUT2D eigenvalue weighted by atomic mass is 10.0. The lowest BCUT2D eigenvalue weighted by Crippen LogP contribution is -2.00. The van der Waals surface area contributed by atoms with Gasteiger partial charge in [0.25, 0.3) is 0 Å². The summed E-state index contributed by atoms with van der Waals surface area (Å²) in [7, 11) is 0. The first-order valence-corrected chi connectivity index (χ1v) is 6.80. The molecule has 1 nitrogen and oxygen atoms in total. The molecule has 19 heavy (non-hydrogen) atoms. The molecule has 1 fully saturated rings. The van der Waals surface area contributed by atoms with Crippen molar-refractivity contribution >= 4 is 6.08 Å². The van der Waals surface area contributed by atoms with Gasteiger partial charge in [-0.3, -0.25) is 0 Å². The van der Waals surface area contributed by atoms with Gasteiger partial charge < -0.3 is 4.74 Å². The highest BCUT2D eigenvalue weighted by Gasteiger charge is 2.27. The Morgan fingerprint density at radius 2 is 1.84 bits per heavy atom. The number of hydrogen-bond donors (Lipinski definition) is 0. The normalized spacial score (nSPS) is 14.1. The Morgan fingerprint density at radius 1 is 1.05 bits per heavy atom. The van der Waals surface area contributed by atoms with Crippen molar-refractivity contribution in [2.45, 2.75) is 25.4 Å². The van der Waals surface area contributed by atoms with Crippen molar-refractivity contribution in [3.05, 3.63) is 71.8 Å². The molecule has 0 atom stereocenters. The van der Waals surface area contributed by atoms with E-state index in [4.69, 9.17) is 4.74 Å². The van der Waals surface area contributed by atoms with Crippen molar-refractivity contribution < 1.29 is 4.74 Å². The molecule has 1 aliphatic carbocycles. The molecule has 96 valence electrons. The van der Waals surface area contributed by atoms with Gasteiger partial charge in [-0.2, -0.15) is 0 Å². The molecule has 0 aliphatic heterocycles. The van der Waals surface area contributed by atoms with Gasteiger partial charge in [-0.15, -0.1) is 0 Å². The highest BCUT2D eigenvalue weighted by molar-refractivity contribution is 5.60. The molecule has 0 unspecified atom stereocenters. The summed E-state index contributed by atoms with van der Waals surface area (Å²) in [4.78, 5) is 0. The fraction of sp³-hybridized carbons (Fsp3) is 0.222. The lowest BCUT2D eigenvalue weighted by molar-refractivity contribution is 0.302. The second-order valence-corrected chi connectivity index (χ2v) is 5.02. The van der Waals surface area contributed by atoms with Crippen LogP contribution in [0.15, 0.2) is 55.1 Å². The summed E-state index contributed by atoms with van der Waals surface area (Å²) in [6.45, 7) is 4.50. The fourth-order valence-corrected chi connectivity index (χ4v) is 2.35. The summed E-state index contributed by atoms with van der Waals surface area (Å²) in [5.41, 5.74) is 3.64. The Morgan fingerprint density at radius 3 is 2.53 bits per heavy atom. The quantitative estimate of drug-likeness (QED) is 0.741. The molecule has 1 aliphatic rings. The topological polar surface area (TPSA) is 9.23 Å². The van der Waals surface area contributed by atoms with Crippen LogP contribution in [0.2, 0.25) is 0 Å². The second kappa shape index (κ2) is 5.31. The van der Waals surface area contributed by atoms with Gasteiger partial charge in [0.15, 0.2) is 0 Å². The van der Waals surface area contributed by atoms with E-state index in [1.165, 1.54) is 24.0 Å². The van der Waals surface area contributed by atoms with Crippen molar-refractivity contribution in [2.75, 3.05) is 0 Å². The molecule has 0 bridgehead atoms. The van der Waals surface area contributed by atoms with E-state index in [2.05, 4.69) is 36.9 Å². The van der Waals surface area contributed by atoms with E-state index >= 15 is 0 Å². The zero-order valence-electron chi connectivity index (χ0n) is 11.0. The van der Waals surface area contributed by atoms with E-state index < -0.39 is 0 Å². The van der Waals surface area contributed by atoms with Crippen LogP contribution in [0.4, 0.5) is 0 Å². The minimum absolute atomic E-state index is 0.616. The van der Waals surface area contributed by atoms with Crippen molar-refractivity contribution in [2.24, 2.45) is 0 Å². The highest BCUT2D eigenvalue weighted by atomic mass is 16.5. The van der Waals surface area contributed by atoms with Gasteiger partial charge in [0, 0.05) is 5.56 Å². The molecule has 0 heterocycles. The smallest absolute Gasteiger partial charge is 0.130 e. The number of para-hydroxylation sites is 1. The number of hydrogen-bond acceptors (Lipinski definition) is 1. The average Bonchev–Trinajstić information content (AvgIpc) is 3.30. The Balaban J connectivity index is 1.84. The highest BCUT2D eigenvalue weighted by Crippen LogP contribution is 2.45. The van der Waals surface area contributed by atoms with Gasteiger partial charge in [0.2, 0.25) is 0 Å². The maximum Gasteiger partial charge on any atom is 0.130 e. The Hall–Kier alpha value is -2.02. The van der Waals surface area contributed by atoms with Crippen LogP contribution >= 0.6 is 0 Å². The molecule has 1 heteroatoms. The molecule has 0 saturated heterocycles. The van der Waals surface area contributed by atoms with Crippen LogP contribution in [-0.2, 0) is 6.61 Å². The minimum Gasteiger partial charge on any atom is -0.488 e. The molecule has 2 aromatic carbocycles. The van der Waals surface area contributed by atoms with Crippen molar-refractivity contribution in [3.63, 3.8) is 0 Å². The summed E-state index contributed by atoms with van der Waals surface area (Å²) >= 11 is 0. The summed E-state index contributed by atoms with van der Waals surface area (Å²) in [5.74, 6) is 1.70. The van der Waals surface area contributed by atoms with E-state index in [0.29, 0.717) is 12.5 Å². The molecule has 0 N–H and O–H groups in total. The van der Waals surface area contributed by atoms with Gasteiger partial charge in [-0.05, 0) is 29.9 Å². The Bertz CT molecular complexity index is 567. The molecule has 2 aromatic rings. The third-order valence-corrected chi connectivity index (χ3v) is 3.54. The summed E-state index contributed by atoms with van der Waals surface area (Å²) < 4.78 is 6.08. The third-order valence-electron chi connectivity index (χ3n) is 3.54. The van der Waals surface area contributed by atoms with Crippen molar-refractivity contribution in [1.29, 1.82) is 0 Å². The first-order valence-electron chi connectivity index (χ1n) is 6.80. The predicted molar refractivity (Wildman–Crippen MR) is 79.3 cm³/mol. The third kappa shape index (κ3) is 2.70. The molecule has 0 amide bonds. The molecule has 1 saturated carbocycles. The van der Waals surface area contributed by atoms with E-state index in [1.807, 2.05) is 24.3 Å². The largest absolute Gasteiger partial charge is 0.488 e. The molecule has 0 aromatic heterocycles. The molecular weight excluding hydrogens is 232 g/mol. The van der Waals surface area contributed by atoms with Crippen LogP contribution in [0.25, 0.3) is 6.08 Å². The molecular formula is C18H18O. The van der Waals surface area contributed by atoms with E-state index in [0.717, 1.165) is 11.3 Å². The molecule has 3 rings (SSSR count). The van der Waals surface area contributed by atoms with Gasteiger partial charge in [0.05, 0.1) is 0 Å². The lowest BCUT2D eigenvalue weighted by Gasteiger charge is -2.14. The second-order valence-electron chi connectivity index (χ2n) is 5.02. The van der Waals surface area contributed by atoms with Crippen LogP contribution in [0, 0.1) is 0 Å². The summed E-state index contributed by atoms with van der Waals surface area (Å²) in [5, 5.41) is 0. The van der Waals surface area contributed by atoms with E-state index in [-0.39, 0.29) is 0 Å². The van der Waals surface area contributed by atoms with Crippen LogP contribution in [-0.4, -0.2) is 0 Å². The van der Waals surface area contributed by atoms with Gasteiger partial charge in [-0.25, -0.2) is 0 Å². The van der Waals surface area contributed by atoms with Crippen molar-refractivity contribution in [3.8, 4) is 5.75 Å². The van der Waals surface area contributed by atoms with Crippen LogP contribution < -0.4 is 4.74 Å². The van der Waals surface area contributed by atoms with Crippen LogP contribution in [0.5, 0.6) is 5.75 Å². The first kappa shape index (κ1) is 12.0. The summed E-state index contributed by atoms with van der Waals surface area (Å²) in [6, 6.07) is 16.6. The zero-order chi connectivity index (χ0) is 13.1. The predicted octanol–water partition coefficient (Wildman–Crippen LogP) is 4.79. The van der Waals surface area contributed by atoms with E-state index in [1.54, 1.807) is 0 Å². The standard InChI is InChI=1S/C18H18O/c1-2-15-9-6-10-17(16-11-12-16)18(15)19-13-14-7-4-3-5-8-14/h2-10,16H,1,11-13H2. The minimum atomic E-state index is 0.616. The fourth-order valence-electron chi connectivity index (χ4n) is 2.35. The zero-order valence-corrected chi connectivity index (χ0v) is 11.0. The van der Waals surface area contributed by atoms with E-state index in [9.17, 15) is 0 Å². The van der Waals surface area contributed by atoms with Gasteiger partial charge >= 0.3 is 0 Å². The maximum absolute atomic E-state index is 6.08. The molecule has 0 spiro atoms. The summed E-state index contributed by atoms with van der Waals surface area (Å²) in [6.07, 6.45) is 4.44. The number of ether oxygens (including phenoxy) is 1. The maximum atomic E-state index is 6.08. The number of benzene rings is 2. The van der Waals surface area contributed by atoms with Gasteiger partial charge in [-0.1, -0.05) is 61.2 Å². The van der Waals surface area contributed by atoms with Crippen LogP contribution in [0.3, 0.4) is 0 Å². The Labute approximate surface area is 114 Å².